The standard InChI is InChI=1S/C33H40F4N8O3/c1-4-19-12-45-21(11-39-19)18(3)48-29-23-27(25(34)26(41-29)20-10-22(38)40-17(2)24(20)33(35,36)37)42-30(43-28(23)45)46-16-31(7-8-31)13-44-14-32(15-44)6-5-9-47-32/h10,18-19,21,39H,4-9,11-16H2,1-3H3,(H2,38,40)/t18-,19+,21-/m0/s1. The number of nitrogens with two attached hydrogens (primary N) is 1. The number of hydrogen-bond acceptors (Lipinski definition) is 11. The number of aryl methyl sites for hydroxylation is 1. The molecule has 15 heteroatoms. The molecule has 8 rings (SSSR count). The summed E-state index contributed by atoms with van der Waals surface area (Å²) >= 11 is 0. The van der Waals surface area contributed by atoms with Crippen LogP contribution in [0.3, 0.4) is 0 Å². The highest BCUT2D eigenvalue weighted by atomic mass is 19.4. The van der Waals surface area contributed by atoms with Gasteiger partial charge in [-0.3, -0.25) is 4.90 Å². The number of hydrogen-bond donors (Lipinski definition) is 2. The molecule has 0 amide bonds. The first-order valence-corrected chi connectivity index (χ1v) is 16.8. The molecule has 1 spiro atoms. The lowest BCUT2D eigenvalue weighted by Gasteiger charge is -2.48. The largest absolute Gasteiger partial charge is 0.472 e. The summed E-state index contributed by atoms with van der Waals surface area (Å²) in [5.41, 5.74) is 2.98. The van der Waals surface area contributed by atoms with Gasteiger partial charge >= 0.3 is 12.2 Å². The summed E-state index contributed by atoms with van der Waals surface area (Å²) in [7, 11) is 0. The fourth-order valence-electron chi connectivity index (χ4n) is 8.01. The van der Waals surface area contributed by atoms with E-state index < -0.39 is 34.9 Å². The minimum atomic E-state index is -4.85. The van der Waals surface area contributed by atoms with E-state index in [1.165, 1.54) is 6.92 Å². The van der Waals surface area contributed by atoms with Gasteiger partial charge in [-0.1, -0.05) is 6.92 Å². The summed E-state index contributed by atoms with van der Waals surface area (Å²) in [6, 6.07) is 0.880. The zero-order valence-corrected chi connectivity index (χ0v) is 27.3. The molecule has 258 valence electrons. The summed E-state index contributed by atoms with van der Waals surface area (Å²) in [4.78, 5) is 22.0. The van der Waals surface area contributed by atoms with E-state index in [1.807, 2.05) is 6.92 Å². The highest BCUT2D eigenvalue weighted by molar-refractivity contribution is 5.97. The quantitative estimate of drug-likeness (QED) is 0.345. The second-order valence-corrected chi connectivity index (χ2v) is 14.3. The molecule has 1 saturated carbocycles. The van der Waals surface area contributed by atoms with Crippen molar-refractivity contribution in [2.45, 2.75) is 82.8 Å². The average Bonchev–Trinajstić information content (AvgIpc) is 3.64. The Morgan fingerprint density at radius 3 is 2.62 bits per heavy atom. The molecule has 3 aromatic rings. The third kappa shape index (κ3) is 5.38. The van der Waals surface area contributed by atoms with Crippen LogP contribution in [0, 0.1) is 18.2 Å². The van der Waals surface area contributed by atoms with Crippen LogP contribution in [-0.4, -0.2) is 94.6 Å². The van der Waals surface area contributed by atoms with Crippen molar-refractivity contribution in [3.8, 4) is 23.1 Å². The van der Waals surface area contributed by atoms with Gasteiger partial charge in [0.05, 0.1) is 29.5 Å². The Morgan fingerprint density at radius 1 is 1.15 bits per heavy atom. The van der Waals surface area contributed by atoms with Crippen LogP contribution in [0.15, 0.2) is 6.07 Å². The number of aromatic nitrogens is 4. The maximum atomic E-state index is 16.8. The first kappa shape index (κ1) is 31.7. The van der Waals surface area contributed by atoms with Crippen LogP contribution in [0.25, 0.3) is 22.2 Å². The number of ether oxygens (including phenoxy) is 3. The van der Waals surface area contributed by atoms with Gasteiger partial charge in [0.1, 0.15) is 34.3 Å². The second kappa shape index (κ2) is 11.2. The van der Waals surface area contributed by atoms with E-state index in [-0.39, 0.29) is 57.4 Å². The minimum absolute atomic E-state index is 0.0000595. The number of pyridine rings is 2. The van der Waals surface area contributed by atoms with Gasteiger partial charge in [0, 0.05) is 56.4 Å². The Balaban J connectivity index is 1.21. The lowest BCUT2D eigenvalue weighted by molar-refractivity contribution is -0.137. The van der Waals surface area contributed by atoms with Gasteiger partial charge in [0.25, 0.3) is 0 Å². The van der Waals surface area contributed by atoms with E-state index in [1.54, 1.807) is 0 Å². The Labute approximate surface area is 275 Å². The predicted molar refractivity (Wildman–Crippen MR) is 169 cm³/mol. The third-order valence-corrected chi connectivity index (χ3v) is 10.7. The number of alkyl halides is 3. The molecule has 0 unspecified atom stereocenters. The zero-order chi connectivity index (χ0) is 33.6. The Bertz CT molecular complexity index is 1760. The molecule has 3 atom stereocenters. The molecule has 5 aliphatic rings. The van der Waals surface area contributed by atoms with E-state index in [2.05, 4.69) is 37.0 Å². The van der Waals surface area contributed by atoms with Crippen LogP contribution in [0.1, 0.15) is 57.2 Å². The van der Waals surface area contributed by atoms with E-state index >= 15 is 4.39 Å². The van der Waals surface area contributed by atoms with Crippen molar-refractivity contribution in [3.63, 3.8) is 0 Å². The van der Waals surface area contributed by atoms with Gasteiger partial charge < -0.3 is 30.2 Å². The first-order chi connectivity index (χ1) is 22.9. The van der Waals surface area contributed by atoms with Crippen LogP contribution in [0.2, 0.25) is 0 Å². The van der Waals surface area contributed by atoms with Crippen LogP contribution in [0.5, 0.6) is 11.9 Å². The monoisotopic (exact) mass is 672 g/mol. The lowest BCUT2D eigenvalue weighted by Crippen LogP contribution is -2.62. The van der Waals surface area contributed by atoms with Gasteiger partial charge in [-0.05, 0) is 52.0 Å². The summed E-state index contributed by atoms with van der Waals surface area (Å²) in [5, 5.41) is 3.73. The fraction of sp³-hybridized carbons (Fsp3) is 0.636. The zero-order valence-electron chi connectivity index (χ0n) is 27.3. The highest BCUT2D eigenvalue weighted by Gasteiger charge is 2.52. The summed E-state index contributed by atoms with van der Waals surface area (Å²) in [5.74, 6) is -0.885. The number of likely N-dealkylation sites (tertiary alicyclic amines) is 1. The smallest absolute Gasteiger partial charge is 0.418 e. The maximum Gasteiger partial charge on any atom is 0.418 e. The van der Waals surface area contributed by atoms with Gasteiger partial charge in [-0.2, -0.15) is 23.1 Å². The van der Waals surface area contributed by atoms with Crippen molar-refractivity contribution in [1.29, 1.82) is 0 Å². The molecule has 3 saturated heterocycles. The Kier molecular flexibility index (Phi) is 7.42. The molecule has 7 heterocycles. The Hall–Kier alpha value is -3.56. The number of piperazine rings is 1. The molecule has 11 nitrogen and oxygen atoms in total. The average molecular weight is 673 g/mol. The number of halogens is 4. The van der Waals surface area contributed by atoms with Gasteiger partial charge in [0.15, 0.2) is 5.82 Å². The van der Waals surface area contributed by atoms with E-state index in [9.17, 15) is 13.2 Å². The molecule has 3 aromatic heterocycles. The summed E-state index contributed by atoms with van der Waals surface area (Å²) in [6.45, 7) is 10.1. The molecule has 0 aromatic carbocycles. The molecule has 4 fully saturated rings. The van der Waals surface area contributed by atoms with E-state index in [0.717, 1.165) is 64.4 Å². The van der Waals surface area contributed by atoms with Gasteiger partial charge in [-0.25, -0.2) is 14.4 Å². The van der Waals surface area contributed by atoms with Crippen molar-refractivity contribution >= 4 is 22.5 Å². The first-order valence-electron chi connectivity index (χ1n) is 16.8. The van der Waals surface area contributed by atoms with Crippen molar-refractivity contribution in [2.75, 3.05) is 56.6 Å². The van der Waals surface area contributed by atoms with Crippen molar-refractivity contribution in [3.05, 3.63) is 23.1 Å². The van der Waals surface area contributed by atoms with Crippen LogP contribution in [0.4, 0.5) is 29.2 Å². The Morgan fingerprint density at radius 2 is 1.94 bits per heavy atom. The van der Waals surface area contributed by atoms with Crippen LogP contribution in [-0.2, 0) is 10.9 Å². The minimum Gasteiger partial charge on any atom is -0.472 e. The lowest BCUT2D eigenvalue weighted by atomic mass is 9.89. The number of fused-ring (bicyclic) bond motifs is 2. The molecule has 3 N–H and O–H groups in total. The third-order valence-electron chi connectivity index (χ3n) is 10.7. The SMILES string of the molecule is CC[C@@H]1CN2c3nc(OCC4(CN5CC6(CCCO6)C5)CC4)nc4c(F)c(-c5cc(N)nc(C)c5C(F)(F)F)nc(c34)O[C@@H](C)[C@@H]2CN1. The number of anilines is 2. The van der Waals surface area contributed by atoms with Gasteiger partial charge in [0.2, 0.25) is 5.88 Å². The fourth-order valence-corrected chi connectivity index (χ4v) is 8.01. The molecule has 1 aliphatic carbocycles. The number of nitrogens with one attached hydrogen (secondary N) is 1. The number of nitrogens with zero attached hydrogens (tertiary/aromatic N) is 6. The molecule has 0 radical (unpaired) electrons. The number of rotatable bonds is 7. The van der Waals surface area contributed by atoms with Crippen molar-refractivity contribution < 1.29 is 31.8 Å². The van der Waals surface area contributed by atoms with E-state index in [0.29, 0.717) is 25.5 Å². The van der Waals surface area contributed by atoms with Gasteiger partial charge in [-0.15, -0.1) is 0 Å². The summed E-state index contributed by atoms with van der Waals surface area (Å²) in [6.07, 6.45) is -0.308. The van der Waals surface area contributed by atoms with E-state index in [4.69, 9.17) is 24.9 Å². The van der Waals surface area contributed by atoms with Crippen molar-refractivity contribution in [2.24, 2.45) is 5.41 Å². The highest BCUT2D eigenvalue weighted by Crippen LogP contribution is 2.50. The normalized spacial score (nSPS) is 25.8. The predicted octanol–water partition coefficient (Wildman–Crippen LogP) is 4.50. The molecular formula is C33H40F4N8O3. The summed E-state index contributed by atoms with van der Waals surface area (Å²) < 4.78 is 78.6. The van der Waals surface area contributed by atoms with Crippen molar-refractivity contribution in [1.82, 2.24) is 30.2 Å². The molecular weight excluding hydrogens is 632 g/mol. The van der Waals surface area contributed by atoms with Crippen LogP contribution >= 0.6 is 0 Å². The molecule has 4 aliphatic heterocycles. The number of nitrogen functional groups attached to an aromatic ring is 1. The van der Waals surface area contributed by atoms with Crippen LogP contribution < -0.4 is 25.4 Å². The topological polar surface area (TPSA) is 124 Å². The maximum absolute atomic E-state index is 16.8. The second-order valence-electron chi connectivity index (χ2n) is 14.3. The molecule has 0 bridgehead atoms. The molecule has 48 heavy (non-hydrogen) atoms.